The minimum absolute atomic E-state index is 0. The first kappa shape index (κ1) is 17.1. The summed E-state index contributed by atoms with van der Waals surface area (Å²) in [6, 6.07) is 4.25. The van der Waals surface area contributed by atoms with Crippen LogP contribution in [0.1, 0.15) is 37.0 Å². The summed E-state index contributed by atoms with van der Waals surface area (Å²) in [6.07, 6.45) is 8.15. The van der Waals surface area contributed by atoms with Gasteiger partial charge in [-0.2, -0.15) is 0 Å². The maximum Gasteiger partial charge on any atom is 0.188 e. The monoisotopic (exact) mass is 419 g/mol. The lowest BCUT2D eigenvalue weighted by molar-refractivity contribution is 0.318. The average molecular weight is 419 g/mol. The molecule has 1 aromatic rings. The number of nitrogens with one attached hydrogen (secondary N) is 1. The lowest BCUT2D eigenvalue weighted by atomic mass is 9.86. The zero-order valence-electron chi connectivity index (χ0n) is 12.5. The van der Waals surface area contributed by atoms with E-state index in [4.69, 9.17) is 5.73 Å². The Balaban J connectivity index is 0.00000161. The number of hydrogen-bond donors (Lipinski definition) is 2. The van der Waals surface area contributed by atoms with Crippen LogP contribution in [-0.4, -0.2) is 19.0 Å². The summed E-state index contributed by atoms with van der Waals surface area (Å²) in [6.45, 7) is 1.77. The van der Waals surface area contributed by atoms with Crippen LogP contribution in [0.25, 0.3) is 0 Å². The third-order valence-corrected chi connectivity index (χ3v) is 5.86. The zero-order chi connectivity index (χ0) is 13.8. The minimum atomic E-state index is 0. The number of hydrogen-bond acceptors (Lipinski definition) is 2. The molecule has 2 fully saturated rings. The molecule has 21 heavy (non-hydrogen) atoms. The molecule has 0 amide bonds. The number of halogens is 1. The van der Waals surface area contributed by atoms with E-state index in [9.17, 15) is 0 Å². The van der Waals surface area contributed by atoms with E-state index < -0.39 is 0 Å². The van der Waals surface area contributed by atoms with Gasteiger partial charge < -0.3 is 11.1 Å². The smallest absolute Gasteiger partial charge is 0.188 e. The first-order chi connectivity index (χ1) is 9.81. The van der Waals surface area contributed by atoms with E-state index in [1.54, 1.807) is 11.3 Å². The Kier molecular flexibility index (Phi) is 6.79. The van der Waals surface area contributed by atoms with Crippen LogP contribution in [0.4, 0.5) is 0 Å². The summed E-state index contributed by atoms with van der Waals surface area (Å²) in [4.78, 5) is 5.87. The van der Waals surface area contributed by atoms with Gasteiger partial charge in [-0.25, -0.2) is 0 Å². The van der Waals surface area contributed by atoms with E-state index in [1.165, 1.54) is 37.0 Å². The number of guanidine groups is 1. The standard InChI is InChI=1S/C16H25N3S.HI/c17-16(19-8-6-15-2-1-9-20-15)18-7-5-14-11-12-3-4-13(14)10-12;/h1-2,9,12-14H,3-8,10-11H2,(H3,17,18,19);1H. The molecule has 5 heteroatoms. The normalized spacial score (nSPS) is 27.6. The molecule has 3 N–H and O–H groups in total. The van der Waals surface area contributed by atoms with Crippen molar-refractivity contribution < 1.29 is 0 Å². The first-order valence-corrected chi connectivity index (χ1v) is 8.75. The molecular weight excluding hydrogens is 393 g/mol. The summed E-state index contributed by atoms with van der Waals surface area (Å²) >= 11 is 1.80. The average Bonchev–Trinajstić information content (AvgIpc) is 3.16. The molecule has 1 heterocycles. The highest BCUT2D eigenvalue weighted by molar-refractivity contribution is 14.0. The van der Waals surface area contributed by atoms with Gasteiger partial charge in [-0.05, 0) is 61.3 Å². The van der Waals surface area contributed by atoms with Gasteiger partial charge in [0.25, 0.3) is 0 Å². The SMILES string of the molecule is I.NC(=NCCC1CC2CCC1C2)NCCc1cccs1. The van der Waals surface area contributed by atoms with E-state index >= 15 is 0 Å². The van der Waals surface area contributed by atoms with Crippen molar-refractivity contribution in [1.82, 2.24) is 5.32 Å². The van der Waals surface area contributed by atoms with Crippen LogP contribution in [0.3, 0.4) is 0 Å². The number of aliphatic imine (C=N–C) groups is 1. The van der Waals surface area contributed by atoms with Crippen molar-refractivity contribution in [3.63, 3.8) is 0 Å². The van der Waals surface area contributed by atoms with Crippen molar-refractivity contribution in [1.29, 1.82) is 0 Å². The molecule has 0 spiro atoms. The molecule has 1 aromatic heterocycles. The molecule has 0 aliphatic heterocycles. The molecule has 118 valence electrons. The van der Waals surface area contributed by atoms with Crippen LogP contribution in [0.2, 0.25) is 0 Å². The van der Waals surface area contributed by atoms with E-state index in [1.807, 2.05) is 0 Å². The fourth-order valence-electron chi connectivity index (χ4n) is 3.91. The molecule has 0 radical (unpaired) electrons. The zero-order valence-corrected chi connectivity index (χ0v) is 15.6. The molecule has 2 bridgehead atoms. The van der Waals surface area contributed by atoms with Crippen molar-refractivity contribution in [2.75, 3.05) is 13.1 Å². The summed E-state index contributed by atoms with van der Waals surface area (Å²) in [5, 5.41) is 5.33. The maximum absolute atomic E-state index is 5.92. The van der Waals surface area contributed by atoms with Gasteiger partial charge in [-0.1, -0.05) is 12.5 Å². The van der Waals surface area contributed by atoms with Crippen LogP contribution in [-0.2, 0) is 6.42 Å². The van der Waals surface area contributed by atoms with Crippen LogP contribution < -0.4 is 11.1 Å². The molecule has 3 unspecified atom stereocenters. The summed E-state index contributed by atoms with van der Waals surface area (Å²) in [5.41, 5.74) is 5.92. The fraction of sp³-hybridized carbons (Fsp3) is 0.688. The molecular formula is C16H26IN3S. The van der Waals surface area contributed by atoms with Gasteiger partial charge in [-0.3, -0.25) is 4.99 Å². The van der Waals surface area contributed by atoms with Crippen molar-refractivity contribution >= 4 is 41.3 Å². The molecule has 0 aromatic carbocycles. The number of nitrogens with two attached hydrogens (primary N) is 1. The van der Waals surface area contributed by atoms with Crippen LogP contribution in [0, 0.1) is 17.8 Å². The Morgan fingerprint density at radius 2 is 2.29 bits per heavy atom. The Bertz CT molecular complexity index is 446. The van der Waals surface area contributed by atoms with Gasteiger partial charge >= 0.3 is 0 Å². The second-order valence-corrected chi connectivity index (χ2v) is 7.28. The van der Waals surface area contributed by atoms with Crippen LogP contribution >= 0.6 is 35.3 Å². The molecule has 0 saturated heterocycles. The fourth-order valence-corrected chi connectivity index (χ4v) is 4.61. The van der Waals surface area contributed by atoms with Gasteiger partial charge in [-0.15, -0.1) is 35.3 Å². The van der Waals surface area contributed by atoms with E-state index in [-0.39, 0.29) is 24.0 Å². The van der Waals surface area contributed by atoms with Gasteiger partial charge in [0.1, 0.15) is 0 Å². The molecule has 3 nitrogen and oxygen atoms in total. The highest BCUT2D eigenvalue weighted by atomic mass is 127. The quantitative estimate of drug-likeness (QED) is 0.420. The van der Waals surface area contributed by atoms with Crippen LogP contribution in [0.5, 0.6) is 0 Å². The second kappa shape index (κ2) is 8.36. The molecule has 3 atom stereocenters. The molecule has 2 saturated carbocycles. The largest absolute Gasteiger partial charge is 0.370 e. The Morgan fingerprint density at radius 3 is 2.95 bits per heavy atom. The van der Waals surface area contributed by atoms with Crippen molar-refractivity contribution in [2.45, 2.75) is 38.5 Å². The molecule has 2 aliphatic carbocycles. The number of fused-ring (bicyclic) bond motifs is 2. The Hall–Kier alpha value is -0.300. The van der Waals surface area contributed by atoms with Gasteiger partial charge in [0.2, 0.25) is 0 Å². The van der Waals surface area contributed by atoms with E-state index in [0.717, 1.165) is 37.3 Å². The van der Waals surface area contributed by atoms with Crippen molar-refractivity contribution in [3.05, 3.63) is 22.4 Å². The summed E-state index contributed by atoms with van der Waals surface area (Å²) in [7, 11) is 0. The summed E-state index contributed by atoms with van der Waals surface area (Å²) in [5.74, 6) is 3.58. The predicted octanol–water partition coefficient (Wildman–Crippen LogP) is 3.64. The van der Waals surface area contributed by atoms with Crippen molar-refractivity contribution in [2.24, 2.45) is 28.5 Å². The third kappa shape index (κ3) is 4.84. The molecule has 3 rings (SSSR count). The highest BCUT2D eigenvalue weighted by Gasteiger charge is 2.38. The number of rotatable bonds is 6. The number of thiophene rings is 1. The Morgan fingerprint density at radius 1 is 1.38 bits per heavy atom. The van der Waals surface area contributed by atoms with Crippen LogP contribution in [0.15, 0.2) is 22.5 Å². The maximum atomic E-state index is 5.92. The van der Waals surface area contributed by atoms with Gasteiger partial charge in [0.15, 0.2) is 5.96 Å². The number of nitrogens with zero attached hydrogens (tertiary/aromatic N) is 1. The molecule has 2 aliphatic rings. The second-order valence-electron chi connectivity index (χ2n) is 6.25. The van der Waals surface area contributed by atoms with Gasteiger partial charge in [0, 0.05) is 18.0 Å². The summed E-state index contributed by atoms with van der Waals surface area (Å²) < 4.78 is 0. The lowest BCUT2D eigenvalue weighted by Gasteiger charge is -2.20. The minimum Gasteiger partial charge on any atom is -0.370 e. The third-order valence-electron chi connectivity index (χ3n) is 4.92. The Labute approximate surface area is 148 Å². The topological polar surface area (TPSA) is 50.4 Å². The van der Waals surface area contributed by atoms with Crippen molar-refractivity contribution in [3.8, 4) is 0 Å². The van der Waals surface area contributed by atoms with E-state index in [0.29, 0.717) is 5.96 Å². The van der Waals surface area contributed by atoms with E-state index in [2.05, 4.69) is 27.8 Å². The highest BCUT2D eigenvalue weighted by Crippen LogP contribution is 2.49. The lowest BCUT2D eigenvalue weighted by Crippen LogP contribution is -2.33. The first-order valence-electron chi connectivity index (χ1n) is 7.87. The predicted molar refractivity (Wildman–Crippen MR) is 101 cm³/mol. The van der Waals surface area contributed by atoms with Gasteiger partial charge in [0.05, 0.1) is 0 Å².